The summed E-state index contributed by atoms with van der Waals surface area (Å²) in [5.74, 6) is 0. The van der Waals surface area contributed by atoms with Crippen molar-refractivity contribution in [2.45, 2.75) is 18.9 Å². The van der Waals surface area contributed by atoms with Crippen LogP contribution >= 0.6 is 27.3 Å². The molecule has 0 bridgehead atoms. The van der Waals surface area contributed by atoms with Gasteiger partial charge < -0.3 is 10.5 Å². The quantitative estimate of drug-likeness (QED) is 0.859. The molecule has 0 aliphatic rings. The van der Waals surface area contributed by atoms with E-state index in [2.05, 4.69) is 27.0 Å². The fourth-order valence-corrected chi connectivity index (χ4v) is 2.98. The van der Waals surface area contributed by atoms with Crippen molar-refractivity contribution in [3.63, 3.8) is 0 Å². The molecule has 0 amide bonds. The molecule has 2 aromatic rings. The second-order valence-corrected chi connectivity index (χ2v) is 5.88. The number of hydrogen-bond acceptors (Lipinski definition) is 4. The number of nitrogens with zero attached hydrogens (tertiary/aromatic N) is 1. The first-order valence-corrected chi connectivity index (χ1v) is 7.12. The largest absolute Gasteiger partial charge is 0.385 e. The molecule has 17 heavy (non-hydrogen) atoms. The van der Waals surface area contributed by atoms with Gasteiger partial charge in [-0.15, -0.1) is 11.3 Å². The topological polar surface area (TPSA) is 48.1 Å². The molecular formula is C12H15BrN2OS. The first kappa shape index (κ1) is 13.0. The molecule has 0 aliphatic carbocycles. The molecule has 0 radical (unpaired) electrons. The third-order valence-electron chi connectivity index (χ3n) is 2.55. The summed E-state index contributed by atoms with van der Waals surface area (Å²) in [7, 11) is 1.71. The van der Waals surface area contributed by atoms with Crippen LogP contribution in [0.2, 0.25) is 0 Å². The summed E-state index contributed by atoms with van der Waals surface area (Å²) in [6.07, 6.45) is 1.88. The zero-order valence-corrected chi connectivity index (χ0v) is 12.1. The van der Waals surface area contributed by atoms with Crippen molar-refractivity contribution in [1.29, 1.82) is 0 Å². The van der Waals surface area contributed by atoms with Crippen LogP contribution in [0.4, 0.5) is 0 Å². The van der Waals surface area contributed by atoms with Crippen molar-refractivity contribution in [2.75, 3.05) is 13.7 Å². The van der Waals surface area contributed by atoms with Gasteiger partial charge in [-0.1, -0.05) is 15.9 Å². The van der Waals surface area contributed by atoms with Crippen LogP contribution in [0.1, 0.15) is 23.9 Å². The zero-order chi connectivity index (χ0) is 12.3. The Morgan fingerprint density at radius 1 is 1.53 bits per heavy atom. The fourth-order valence-electron chi connectivity index (χ4n) is 1.65. The van der Waals surface area contributed by atoms with Gasteiger partial charge in [-0.25, -0.2) is 4.98 Å². The van der Waals surface area contributed by atoms with Crippen molar-refractivity contribution in [3.8, 4) is 0 Å². The first-order chi connectivity index (χ1) is 8.20. The van der Waals surface area contributed by atoms with E-state index in [-0.39, 0.29) is 6.04 Å². The Morgan fingerprint density at radius 2 is 2.35 bits per heavy atom. The molecule has 0 fully saturated rings. The predicted molar refractivity (Wildman–Crippen MR) is 75.4 cm³/mol. The molecule has 1 unspecified atom stereocenters. The average Bonchev–Trinajstić information content (AvgIpc) is 2.72. The zero-order valence-electron chi connectivity index (χ0n) is 9.65. The number of benzene rings is 1. The van der Waals surface area contributed by atoms with Gasteiger partial charge in [0.25, 0.3) is 0 Å². The highest BCUT2D eigenvalue weighted by atomic mass is 79.9. The SMILES string of the molecule is COCCCC(N)c1nc2cc(Br)ccc2s1. The third kappa shape index (κ3) is 3.25. The third-order valence-corrected chi connectivity index (χ3v) is 4.21. The number of fused-ring (bicyclic) bond motifs is 1. The molecule has 1 atom stereocenters. The minimum Gasteiger partial charge on any atom is -0.385 e. The monoisotopic (exact) mass is 314 g/mol. The van der Waals surface area contributed by atoms with Gasteiger partial charge in [0.1, 0.15) is 5.01 Å². The predicted octanol–water partition coefficient (Wildman–Crippen LogP) is 3.49. The van der Waals surface area contributed by atoms with E-state index in [9.17, 15) is 0 Å². The summed E-state index contributed by atoms with van der Waals surface area (Å²) in [6.45, 7) is 0.754. The van der Waals surface area contributed by atoms with Gasteiger partial charge in [-0.05, 0) is 31.0 Å². The number of thiazole rings is 1. The lowest BCUT2D eigenvalue weighted by Gasteiger charge is -2.06. The van der Waals surface area contributed by atoms with Crippen LogP contribution in [0.5, 0.6) is 0 Å². The Kier molecular flexibility index (Phi) is 4.50. The molecule has 0 saturated heterocycles. The standard InChI is InChI=1S/C12H15BrN2OS/c1-16-6-2-3-9(14)12-15-10-7-8(13)4-5-11(10)17-12/h4-5,7,9H,2-3,6,14H2,1H3. The highest BCUT2D eigenvalue weighted by molar-refractivity contribution is 9.10. The molecule has 5 heteroatoms. The number of rotatable bonds is 5. The molecule has 2 rings (SSSR count). The molecule has 3 nitrogen and oxygen atoms in total. The number of methoxy groups -OCH3 is 1. The van der Waals surface area contributed by atoms with E-state index in [1.54, 1.807) is 18.4 Å². The van der Waals surface area contributed by atoms with Gasteiger partial charge in [-0.2, -0.15) is 0 Å². The van der Waals surface area contributed by atoms with Crippen molar-refractivity contribution in [3.05, 3.63) is 27.7 Å². The van der Waals surface area contributed by atoms with E-state index >= 15 is 0 Å². The summed E-state index contributed by atoms with van der Waals surface area (Å²) >= 11 is 5.12. The molecule has 1 heterocycles. The molecular weight excluding hydrogens is 300 g/mol. The van der Waals surface area contributed by atoms with Crippen LogP contribution in [0.3, 0.4) is 0 Å². The number of halogens is 1. The average molecular weight is 315 g/mol. The van der Waals surface area contributed by atoms with E-state index in [4.69, 9.17) is 10.5 Å². The normalized spacial score (nSPS) is 13.1. The second-order valence-electron chi connectivity index (χ2n) is 3.91. The van der Waals surface area contributed by atoms with Crippen molar-refractivity contribution < 1.29 is 4.74 Å². The Morgan fingerprint density at radius 3 is 3.12 bits per heavy atom. The van der Waals surface area contributed by atoms with E-state index in [1.165, 1.54) is 4.70 Å². The van der Waals surface area contributed by atoms with Crippen molar-refractivity contribution >= 4 is 37.5 Å². The maximum absolute atomic E-state index is 6.12. The van der Waals surface area contributed by atoms with E-state index in [0.717, 1.165) is 34.4 Å². The van der Waals surface area contributed by atoms with E-state index < -0.39 is 0 Å². The Balaban J connectivity index is 2.12. The molecule has 2 N–H and O–H groups in total. The summed E-state index contributed by atoms with van der Waals surface area (Å²) in [6, 6.07) is 6.14. The summed E-state index contributed by atoms with van der Waals surface area (Å²) in [5, 5.41) is 1.01. The highest BCUT2D eigenvalue weighted by Crippen LogP contribution is 2.29. The lowest BCUT2D eigenvalue weighted by atomic mass is 10.2. The Hall–Kier alpha value is -0.490. The van der Waals surface area contributed by atoms with Gasteiger partial charge in [0.2, 0.25) is 0 Å². The first-order valence-electron chi connectivity index (χ1n) is 5.51. The second kappa shape index (κ2) is 5.91. The van der Waals surface area contributed by atoms with Crippen LogP contribution in [0, 0.1) is 0 Å². The lowest BCUT2D eigenvalue weighted by Crippen LogP contribution is -2.10. The van der Waals surface area contributed by atoms with E-state index in [0.29, 0.717) is 0 Å². The summed E-state index contributed by atoms with van der Waals surface area (Å²) in [4.78, 5) is 4.57. The number of hydrogen-bond donors (Lipinski definition) is 1. The molecule has 1 aromatic carbocycles. The number of nitrogens with two attached hydrogens (primary N) is 1. The maximum Gasteiger partial charge on any atom is 0.111 e. The highest BCUT2D eigenvalue weighted by Gasteiger charge is 2.11. The lowest BCUT2D eigenvalue weighted by molar-refractivity contribution is 0.190. The van der Waals surface area contributed by atoms with Gasteiger partial charge in [-0.3, -0.25) is 0 Å². The minimum atomic E-state index is 0.0151. The summed E-state index contributed by atoms with van der Waals surface area (Å²) in [5.41, 5.74) is 7.13. The van der Waals surface area contributed by atoms with Crippen LogP contribution in [-0.2, 0) is 4.74 Å². The smallest absolute Gasteiger partial charge is 0.111 e. The number of aromatic nitrogens is 1. The van der Waals surface area contributed by atoms with Crippen LogP contribution in [0.15, 0.2) is 22.7 Å². The van der Waals surface area contributed by atoms with E-state index in [1.807, 2.05) is 12.1 Å². The van der Waals surface area contributed by atoms with Gasteiger partial charge in [0.15, 0.2) is 0 Å². The van der Waals surface area contributed by atoms with Crippen molar-refractivity contribution in [1.82, 2.24) is 4.98 Å². The van der Waals surface area contributed by atoms with Gasteiger partial charge in [0.05, 0.1) is 16.3 Å². The maximum atomic E-state index is 6.12. The molecule has 0 saturated carbocycles. The molecule has 92 valence electrons. The van der Waals surface area contributed by atoms with Crippen molar-refractivity contribution in [2.24, 2.45) is 5.73 Å². The fraction of sp³-hybridized carbons (Fsp3) is 0.417. The van der Waals surface area contributed by atoms with Crippen LogP contribution in [0.25, 0.3) is 10.2 Å². The molecule has 0 spiro atoms. The van der Waals surface area contributed by atoms with Crippen LogP contribution in [-0.4, -0.2) is 18.7 Å². The minimum absolute atomic E-state index is 0.0151. The van der Waals surface area contributed by atoms with Gasteiger partial charge >= 0.3 is 0 Å². The Bertz CT molecular complexity index is 500. The molecule has 0 aliphatic heterocycles. The van der Waals surface area contributed by atoms with Crippen LogP contribution < -0.4 is 5.73 Å². The molecule has 1 aromatic heterocycles. The Labute approximate surface area is 113 Å². The van der Waals surface area contributed by atoms with Gasteiger partial charge in [0, 0.05) is 18.2 Å². The number of ether oxygens (including phenoxy) is 1. The summed E-state index contributed by atoms with van der Waals surface area (Å²) < 4.78 is 7.26.